The van der Waals surface area contributed by atoms with Crippen molar-refractivity contribution < 1.29 is 13.7 Å². The molecule has 1 aliphatic rings. The summed E-state index contributed by atoms with van der Waals surface area (Å²) in [6.45, 7) is 15.8. The molecule has 1 aliphatic heterocycles. The van der Waals surface area contributed by atoms with Gasteiger partial charge >= 0.3 is 0 Å². The van der Waals surface area contributed by atoms with E-state index in [1.807, 2.05) is 43.3 Å². The van der Waals surface area contributed by atoms with Crippen LogP contribution in [0.25, 0.3) is 0 Å². The van der Waals surface area contributed by atoms with Crippen LogP contribution in [0.5, 0.6) is 0 Å². The molecule has 1 aromatic rings. The number of ether oxygens (including phenoxy) is 1. The molecule has 1 saturated heterocycles. The van der Waals surface area contributed by atoms with Crippen molar-refractivity contribution in [2.24, 2.45) is 10.4 Å². The van der Waals surface area contributed by atoms with Crippen LogP contribution in [-0.2, 0) is 20.5 Å². The van der Waals surface area contributed by atoms with Crippen LogP contribution in [0.4, 0.5) is 0 Å². The van der Waals surface area contributed by atoms with Gasteiger partial charge in [0.1, 0.15) is 17.3 Å². The molecule has 1 fully saturated rings. The maximum Gasteiger partial charge on any atom is 0.127 e. The van der Waals surface area contributed by atoms with Gasteiger partial charge in [-0.25, -0.2) is 8.51 Å². The second-order valence-electron chi connectivity index (χ2n) is 9.69. The summed E-state index contributed by atoms with van der Waals surface area (Å²) in [6, 6.07) is 5.87. The number of allylic oxidation sites excluding steroid dienone is 1. The minimum absolute atomic E-state index is 0.160. The molecule has 0 bridgehead atoms. The quantitative estimate of drug-likeness (QED) is 0.131. The number of benzene rings is 1. The maximum absolute atomic E-state index is 13.4. The highest BCUT2D eigenvalue weighted by Gasteiger charge is 2.38. The smallest absolute Gasteiger partial charge is 0.127 e. The van der Waals surface area contributed by atoms with Gasteiger partial charge in [-0.05, 0) is 89.7 Å². The van der Waals surface area contributed by atoms with Crippen molar-refractivity contribution in [3.8, 4) is 0 Å². The summed E-state index contributed by atoms with van der Waals surface area (Å²) in [6.07, 6.45) is 13.2. The number of aldehydes is 1. The molecule has 0 aromatic heterocycles. The molecule has 1 heterocycles. The Kier molecular flexibility index (Phi) is 16.6. The molecule has 4 unspecified atom stereocenters. The third-order valence-electron chi connectivity index (χ3n) is 7.17. The Morgan fingerprint density at radius 2 is 2.08 bits per heavy atom. The van der Waals surface area contributed by atoms with Crippen LogP contribution in [0, 0.1) is 12.3 Å². The molecular formula is C30H48ClN3O3S. The molecule has 214 valence electrons. The molecule has 6 nitrogen and oxygen atoms in total. The van der Waals surface area contributed by atoms with Crippen LogP contribution in [0.2, 0.25) is 5.02 Å². The normalized spacial score (nSPS) is 20.6. The Morgan fingerprint density at radius 1 is 1.34 bits per heavy atom. The van der Waals surface area contributed by atoms with E-state index in [0.29, 0.717) is 24.2 Å². The van der Waals surface area contributed by atoms with Crippen LogP contribution in [0.15, 0.2) is 53.2 Å². The first-order valence-electron chi connectivity index (χ1n) is 13.8. The third kappa shape index (κ3) is 10.8. The summed E-state index contributed by atoms with van der Waals surface area (Å²) in [5, 5.41) is 0.614. The van der Waals surface area contributed by atoms with Gasteiger partial charge in [-0.2, -0.15) is 0 Å². The fraction of sp³-hybridized carbons (Fsp3) is 0.600. The van der Waals surface area contributed by atoms with Crippen molar-refractivity contribution in [1.82, 2.24) is 9.21 Å². The van der Waals surface area contributed by atoms with Crippen molar-refractivity contribution in [3.05, 3.63) is 53.9 Å². The minimum Gasteiger partial charge on any atom is -0.498 e. The SMILES string of the molecule is C=CN=C/C=C/OC(CC)CCC(C)N(C)CCC1(C=O)CCCN(S(=O)c2cccc(Cl)c2C)C1.CC. The largest absolute Gasteiger partial charge is 0.498 e. The van der Waals surface area contributed by atoms with Crippen molar-refractivity contribution >= 4 is 35.1 Å². The zero-order valence-corrected chi connectivity index (χ0v) is 25.8. The zero-order valence-electron chi connectivity index (χ0n) is 24.2. The van der Waals surface area contributed by atoms with E-state index in [0.717, 1.165) is 61.8 Å². The van der Waals surface area contributed by atoms with Crippen LogP contribution < -0.4 is 0 Å². The van der Waals surface area contributed by atoms with E-state index in [1.165, 1.54) is 6.20 Å². The molecule has 4 atom stereocenters. The molecule has 0 radical (unpaired) electrons. The number of hydrogen-bond donors (Lipinski definition) is 0. The van der Waals surface area contributed by atoms with E-state index in [9.17, 15) is 9.00 Å². The molecule has 0 aliphatic carbocycles. The third-order valence-corrected chi connectivity index (χ3v) is 9.18. The summed E-state index contributed by atoms with van der Waals surface area (Å²) in [5.74, 6) is 0. The predicted octanol–water partition coefficient (Wildman–Crippen LogP) is 6.99. The highest BCUT2D eigenvalue weighted by Crippen LogP contribution is 2.34. The lowest BCUT2D eigenvalue weighted by molar-refractivity contribution is -0.118. The number of rotatable bonds is 15. The topological polar surface area (TPSA) is 62.2 Å². The van der Waals surface area contributed by atoms with E-state index in [-0.39, 0.29) is 6.10 Å². The highest BCUT2D eigenvalue weighted by molar-refractivity contribution is 7.82. The first-order chi connectivity index (χ1) is 18.3. The molecule has 0 amide bonds. The monoisotopic (exact) mass is 565 g/mol. The van der Waals surface area contributed by atoms with Gasteiger partial charge < -0.3 is 14.4 Å². The first-order valence-corrected chi connectivity index (χ1v) is 15.3. The van der Waals surface area contributed by atoms with Crippen LogP contribution in [0.3, 0.4) is 0 Å². The van der Waals surface area contributed by atoms with Gasteiger partial charge in [0.25, 0.3) is 0 Å². The molecule has 2 rings (SSSR count). The van der Waals surface area contributed by atoms with Gasteiger partial charge in [0, 0.05) is 42.0 Å². The number of halogens is 1. The van der Waals surface area contributed by atoms with Gasteiger partial charge in [0.15, 0.2) is 0 Å². The van der Waals surface area contributed by atoms with E-state index in [2.05, 4.69) is 37.4 Å². The Morgan fingerprint density at radius 3 is 2.74 bits per heavy atom. The summed E-state index contributed by atoms with van der Waals surface area (Å²) >= 11 is 6.26. The average Bonchev–Trinajstić information content (AvgIpc) is 2.95. The van der Waals surface area contributed by atoms with Gasteiger partial charge in [-0.1, -0.05) is 45.0 Å². The second-order valence-corrected chi connectivity index (χ2v) is 11.6. The van der Waals surface area contributed by atoms with E-state index in [4.69, 9.17) is 16.3 Å². The number of aliphatic imine (C=N–C) groups is 1. The lowest BCUT2D eigenvalue weighted by atomic mass is 9.79. The van der Waals surface area contributed by atoms with Crippen molar-refractivity contribution in [2.45, 2.75) is 90.2 Å². The average molecular weight is 566 g/mol. The highest BCUT2D eigenvalue weighted by atomic mass is 35.5. The van der Waals surface area contributed by atoms with E-state index >= 15 is 0 Å². The predicted molar refractivity (Wildman–Crippen MR) is 162 cm³/mol. The van der Waals surface area contributed by atoms with Crippen LogP contribution >= 0.6 is 11.6 Å². The molecule has 8 heteroatoms. The number of piperidine rings is 1. The summed E-state index contributed by atoms with van der Waals surface area (Å²) < 4.78 is 21.1. The zero-order chi connectivity index (χ0) is 28.6. The van der Waals surface area contributed by atoms with Crippen LogP contribution in [0.1, 0.15) is 71.8 Å². The Hall–Kier alpha value is -1.80. The minimum atomic E-state index is -1.33. The molecule has 0 saturated carbocycles. The Labute approximate surface area is 238 Å². The first kappa shape index (κ1) is 34.2. The lowest BCUT2D eigenvalue weighted by Gasteiger charge is -2.40. The Bertz CT molecular complexity index is 939. The molecule has 38 heavy (non-hydrogen) atoms. The lowest BCUT2D eigenvalue weighted by Crippen LogP contribution is -2.46. The van der Waals surface area contributed by atoms with Gasteiger partial charge in [-0.3, -0.25) is 4.99 Å². The number of hydrogen-bond acceptors (Lipinski definition) is 5. The molecule has 0 N–H and O–H groups in total. The van der Waals surface area contributed by atoms with Gasteiger partial charge in [0.05, 0.1) is 17.3 Å². The van der Waals surface area contributed by atoms with E-state index < -0.39 is 16.4 Å². The maximum atomic E-state index is 13.4. The number of carbonyl (C=O) groups is 1. The fourth-order valence-corrected chi connectivity index (χ4v) is 6.22. The van der Waals surface area contributed by atoms with Crippen molar-refractivity contribution in [2.75, 3.05) is 26.7 Å². The van der Waals surface area contributed by atoms with E-state index in [1.54, 1.807) is 18.6 Å². The van der Waals surface area contributed by atoms with Crippen molar-refractivity contribution in [1.29, 1.82) is 0 Å². The molecular weight excluding hydrogens is 518 g/mol. The standard InChI is InChI=1S/C28H42ClN3O3S.C2H6/c1-6-25(35-20-10-17-30-7-2)14-13-23(3)31(5)19-16-28(22-33)15-9-18-32(21-28)36(34)27-12-8-11-26(29)24(27)4;1-2/h7-8,10-12,17,20,22-23,25H,2,6,9,13-16,18-19,21H2,1,3-5H3;1-2H3/b20-10+,30-17?;. The van der Waals surface area contributed by atoms with Gasteiger partial charge in [-0.15, -0.1) is 0 Å². The number of nitrogens with zero attached hydrogens (tertiary/aromatic N) is 3. The van der Waals surface area contributed by atoms with Gasteiger partial charge in [0.2, 0.25) is 0 Å². The second kappa shape index (κ2) is 18.5. The number of carbonyl (C=O) groups excluding carboxylic acids is 1. The summed E-state index contributed by atoms with van der Waals surface area (Å²) in [7, 11) is 0.782. The Balaban J connectivity index is 0.00000352. The summed E-state index contributed by atoms with van der Waals surface area (Å²) in [4.78, 5) is 19.3. The molecule has 1 aromatic carbocycles. The van der Waals surface area contributed by atoms with Crippen LogP contribution in [-0.4, -0.2) is 64.7 Å². The molecule has 0 spiro atoms. The van der Waals surface area contributed by atoms with Crippen molar-refractivity contribution in [3.63, 3.8) is 0 Å². The fourth-order valence-electron chi connectivity index (χ4n) is 4.47. The summed E-state index contributed by atoms with van der Waals surface area (Å²) in [5.41, 5.74) is 0.351.